The zero-order valence-corrected chi connectivity index (χ0v) is 23.7. The van der Waals surface area contributed by atoms with Gasteiger partial charge >= 0.3 is 0 Å². The van der Waals surface area contributed by atoms with Gasteiger partial charge in [0.25, 0.3) is 0 Å². The standard InChI is InChI=1S/C27H45NO3SSi/c1-8-9-13-24-25(31-33(6,7)26(3,4)5)14-12-20-27(24)19-10-11-21-28(27)32(29,30)23-17-15-22(2)16-18-23/h10,15-19,24-25H,8-9,11-14,20-21H2,1-7H3/t24-,25+,27-/m1/s1. The fourth-order valence-corrected chi connectivity index (χ4v) is 8.53. The maximum atomic E-state index is 14.0. The van der Waals surface area contributed by atoms with Crippen LogP contribution in [0.1, 0.15) is 78.2 Å². The molecule has 3 atom stereocenters. The van der Waals surface area contributed by atoms with E-state index in [2.05, 4.69) is 52.9 Å². The Hall–Kier alpha value is -0.953. The van der Waals surface area contributed by atoms with Gasteiger partial charge in [-0.25, -0.2) is 8.42 Å². The van der Waals surface area contributed by atoms with Crippen LogP contribution in [-0.2, 0) is 14.4 Å². The highest BCUT2D eigenvalue weighted by atomic mass is 32.2. The third kappa shape index (κ3) is 5.34. The topological polar surface area (TPSA) is 46.6 Å². The van der Waals surface area contributed by atoms with E-state index in [0.717, 1.165) is 50.5 Å². The third-order valence-corrected chi connectivity index (χ3v) is 14.7. The maximum absolute atomic E-state index is 14.0. The van der Waals surface area contributed by atoms with Crippen molar-refractivity contribution in [3.63, 3.8) is 0 Å². The van der Waals surface area contributed by atoms with Crippen molar-refractivity contribution in [1.82, 2.24) is 4.31 Å². The SMILES string of the molecule is CCCC[C@@H]1[C@@H](O[Si](C)(C)C(C)(C)C)CCC[C@]12C=CCCN2S(=O)(=O)c1ccc(C)cc1. The first-order valence-electron chi connectivity index (χ1n) is 12.8. The normalized spacial score (nSPS) is 27.2. The molecule has 0 bridgehead atoms. The van der Waals surface area contributed by atoms with Gasteiger partial charge in [-0.1, -0.05) is 70.4 Å². The minimum Gasteiger partial charge on any atom is -0.414 e. The summed E-state index contributed by atoms with van der Waals surface area (Å²) in [5.41, 5.74) is 0.575. The van der Waals surface area contributed by atoms with Crippen LogP contribution in [0, 0.1) is 12.8 Å². The van der Waals surface area contributed by atoms with Crippen molar-refractivity contribution >= 4 is 18.3 Å². The molecule has 6 heteroatoms. The Bertz CT molecular complexity index is 933. The molecule has 0 aromatic heterocycles. The second-order valence-corrected chi connectivity index (χ2v) is 18.2. The smallest absolute Gasteiger partial charge is 0.243 e. The maximum Gasteiger partial charge on any atom is 0.243 e. The summed E-state index contributed by atoms with van der Waals surface area (Å²) in [5.74, 6) is 0.178. The van der Waals surface area contributed by atoms with E-state index in [-0.39, 0.29) is 17.1 Å². The second-order valence-electron chi connectivity index (χ2n) is 11.6. The Morgan fingerprint density at radius 2 is 1.85 bits per heavy atom. The monoisotopic (exact) mass is 491 g/mol. The highest BCUT2D eigenvalue weighted by Gasteiger charge is 2.54. The molecule has 0 unspecified atom stereocenters. The van der Waals surface area contributed by atoms with Crippen molar-refractivity contribution in [3.05, 3.63) is 42.0 Å². The molecular weight excluding hydrogens is 446 g/mol. The Morgan fingerprint density at radius 1 is 1.18 bits per heavy atom. The van der Waals surface area contributed by atoms with E-state index < -0.39 is 23.9 Å². The first kappa shape index (κ1) is 26.6. The molecule has 1 aromatic rings. The van der Waals surface area contributed by atoms with Crippen molar-refractivity contribution in [2.45, 2.75) is 114 Å². The molecule has 1 heterocycles. The first-order chi connectivity index (χ1) is 15.3. The number of unbranched alkanes of at least 4 members (excludes halogenated alkanes) is 1. The number of benzene rings is 1. The van der Waals surface area contributed by atoms with Crippen LogP contribution in [0.25, 0.3) is 0 Å². The predicted octanol–water partition coefficient (Wildman–Crippen LogP) is 7.07. The summed E-state index contributed by atoms with van der Waals surface area (Å²) in [6.45, 7) is 16.3. The molecule has 1 fully saturated rings. The molecule has 1 spiro atoms. The van der Waals surface area contributed by atoms with Gasteiger partial charge in [-0.15, -0.1) is 0 Å². The lowest BCUT2D eigenvalue weighted by atomic mass is 9.68. The van der Waals surface area contributed by atoms with Crippen LogP contribution >= 0.6 is 0 Å². The molecular formula is C27H45NO3SSi. The summed E-state index contributed by atoms with van der Waals surface area (Å²) < 4.78 is 36.9. The molecule has 1 aliphatic heterocycles. The lowest BCUT2D eigenvalue weighted by molar-refractivity contribution is -0.0105. The average Bonchev–Trinajstić information content (AvgIpc) is 2.73. The van der Waals surface area contributed by atoms with Gasteiger partial charge in [0, 0.05) is 18.6 Å². The fraction of sp³-hybridized carbons (Fsp3) is 0.704. The molecule has 1 aliphatic carbocycles. The Morgan fingerprint density at radius 3 is 2.45 bits per heavy atom. The quantitative estimate of drug-likeness (QED) is 0.303. The van der Waals surface area contributed by atoms with E-state index in [4.69, 9.17) is 4.43 Å². The summed E-state index contributed by atoms with van der Waals surface area (Å²) in [7, 11) is -5.59. The summed E-state index contributed by atoms with van der Waals surface area (Å²) in [5, 5.41) is 0.128. The van der Waals surface area contributed by atoms with Crippen LogP contribution in [0.4, 0.5) is 0 Å². The highest BCUT2D eigenvalue weighted by Crippen LogP contribution is 2.49. The van der Waals surface area contributed by atoms with Gasteiger partial charge in [0.1, 0.15) is 0 Å². The molecule has 1 saturated carbocycles. The van der Waals surface area contributed by atoms with Crippen LogP contribution in [0.5, 0.6) is 0 Å². The molecule has 0 amide bonds. The van der Waals surface area contributed by atoms with Gasteiger partial charge in [0.2, 0.25) is 10.0 Å². The van der Waals surface area contributed by atoms with Crippen molar-refractivity contribution in [2.75, 3.05) is 6.54 Å². The molecule has 4 nitrogen and oxygen atoms in total. The van der Waals surface area contributed by atoms with E-state index in [1.54, 1.807) is 12.1 Å². The third-order valence-electron chi connectivity index (χ3n) is 8.26. The molecule has 3 rings (SSSR count). The number of nitrogens with zero attached hydrogens (tertiary/aromatic N) is 1. The van der Waals surface area contributed by atoms with Gasteiger partial charge in [0.05, 0.1) is 10.4 Å². The molecule has 0 N–H and O–H groups in total. The number of aryl methyl sites for hydroxylation is 1. The Labute approximate surface area is 204 Å². The van der Waals surface area contributed by atoms with Crippen LogP contribution < -0.4 is 0 Å². The van der Waals surface area contributed by atoms with E-state index in [0.29, 0.717) is 11.4 Å². The highest BCUT2D eigenvalue weighted by molar-refractivity contribution is 7.89. The second kappa shape index (κ2) is 9.96. The van der Waals surface area contributed by atoms with Gasteiger partial charge < -0.3 is 4.43 Å². The summed E-state index contributed by atoms with van der Waals surface area (Å²) >= 11 is 0. The minimum atomic E-state index is -3.60. The zero-order valence-electron chi connectivity index (χ0n) is 21.9. The molecule has 0 saturated heterocycles. The van der Waals surface area contributed by atoms with Crippen molar-refractivity contribution in [2.24, 2.45) is 5.92 Å². The summed E-state index contributed by atoms with van der Waals surface area (Å²) in [6, 6.07) is 7.34. The van der Waals surface area contributed by atoms with Crippen LogP contribution in [0.15, 0.2) is 41.3 Å². The minimum absolute atomic E-state index is 0.102. The Kier molecular flexibility index (Phi) is 8.04. The lowest BCUT2D eigenvalue weighted by Crippen LogP contribution is -2.62. The molecule has 0 radical (unpaired) electrons. The molecule has 33 heavy (non-hydrogen) atoms. The molecule has 2 aliphatic rings. The van der Waals surface area contributed by atoms with E-state index in [9.17, 15) is 8.42 Å². The summed E-state index contributed by atoms with van der Waals surface area (Å²) in [4.78, 5) is 0.407. The van der Waals surface area contributed by atoms with Gasteiger partial charge in [0.15, 0.2) is 8.32 Å². The van der Waals surface area contributed by atoms with Gasteiger partial charge in [-0.2, -0.15) is 4.31 Å². The van der Waals surface area contributed by atoms with E-state index >= 15 is 0 Å². The van der Waals surface area contributed by atoms with Gasteiger partial charge in [-0.05, 0) is 69.3 Å². The Balaban J connectivity index is 2.06. The van der Waals surface area contributed by atoms with Crippen LogP contribution in [0.2, 0.25) is 18.1 Å². The van der Waals surface area contributed by atoms with Crippen molar-refractivity contribution < 1.29 is 12.8 Å². The van der Waals surface area contributed by atoms with E-state index in [1.807, 2.05) is 23.4 Å². The average molecular weight is 492 g/mol. The van der Waals surface area contributed by atoms with Crippen molar-refractivity contribution in [3.8, 4) is 0 Å². The van der Waals surface area contributed by atoms with Crippen molar-refractivity contribution in [1.29, 1.82) is 0 Å². The number of sulfonamides is 1. The lowest BCUT2D eigenvalue weighted by Gasteiger charge is -2.55. The first-order valence-corrected chi connectivity index (χ1v) is 17.1. The largest absolute Gasteiger partial charge is 0.414 e. The zero-order chi connectivity index (χ0) is 24.5. The molecule has 1 aromatic carbocycles. The van der Waals surface area contributed by atoms with Crippen LogP contribution in [-0.4, -0.2) is 39.2 Å². The number of hydrogen-bond donors (Lipinski definition) is 0. The van der Waals surface area contributed by atoms with Crippen LogP contribution in [0.3, 0.4) is 0 Å². The number of rotatable bonds is 7. The fourth-order valence-electron chi connectivity index (χ4n) is 5.32. The van der Waals surface area contributed by atoms with E-state index in [1.165, 1.54) is 0 Å². The summed E-state index contributed by atoms with van der Waals surface area (Å²) in [6.07, 6.45) is 11.4. The van der Waals surface area contributed by atoms with Gasteiger partial charge in [-0.3, -0.25) is 0 Å². The number of hydrogen-bond acceptors (Lipinski definition) is 3. The predicted molar refractivity (Wildman–Crippen MR) is 140 cm³/mol. The molecule has 186 valence electrons.